The highest BCUT2D eigenvalue weighted by Gasteiger charge is 2.10. The summed E-state index contributed by atoms with van der Waals surface area (Å²) in [6, 6.07) is 6.92. The van der Waals surface area contributed by atoms with Crippen LogP contribution in [0.5, 0.6) is 5.75 Å². The second kappa shape index (κ2) is 6.43. The molecule has 90 valence electrons. The molecule has 0 saturated carbocycles. The SMILES string of the molecule is CCN(CC)Cc1ccccc1OC(F)F. The molecular weight excluding hydrogens is 212 g/mol. The average Bonchev–Trinajstić information content (AvgIpc) is 2.27. The van der Waals surface area contributed by atoms with E-state index in [-0.39, 0.29) is 5.75 Å². The lowest BCUT2D eigenvalue weighted by molar-refractivity contribution is -0.0507. The van der Waals surface area contributed by atoms with E-state index in [1.54, 1.807) is 12.1 Å². The van der Waals surface area contributed by atoms with Crippen molar-refractivity contribution in [3.63, 3.8) is 0 Å². The van der Waals surface area contributed by atoms with Gasteiger partial charge in [-0.1, -0.05) is 32.0 Å². The number of para-hydroxylation sites is 1. The standard InChI is InChI=1S/C12H17F2NO/c1-3-15(4-2)9-10-7-5-6-8-11(10)16-12(13)14/h5-8,12H,3-4,9H2,1-2H3. The van der Waals surface area contributed by atoms with Gasteiger partial charge < -0.3 is 4.74 Å². The van der Waals surface area contributed by atoms with Crippen molar-refractivity contribution >= 4 is 0 Å². The van der Waals surface area contributed by atoms with Crippen LogP contribution in [-0.4, -0.2) is 24.6 Å². The van der Waals surface area contributed by atoms with Gasteiger partial charge in [0.2, 0.25) is 0 Å². The van der Waals surface area contributed by atoms with Crippen molar-refractivity contribution < 1.29 is 13.5 Å². The predicted molar refractivity (Wildman–Crippen MR) is 59.7 cm³/mol. The molecule has 2 nitrogen and oxygen atoms in total. The molecule has 0 bridgehead atoms. The van der Waals surface area contributed by atoms with Crippen molar-refractivity contribution in [3.8, 4) is 5.75 Å². The number of hydrogen-bond donors (Lipinski definition) is 0. The maximum Gasteiger partial charge on any atom is 0.387 e. The van der Waals surface area contributed by atoms with E-state index in [0.717, 1.165) is 18.7 Å². The molecule has 4 heteroatoms. The highest BCUT2D eigenvalue weighted by atomic mass is 19.3. The zero-order valence-corrected chi connectivity index (χ0v) is 9.62. The molecule has 0 spiro atoms. The minimum Gasteiger partial charge on any atom is -0.434 e. The van der Waals surface area contributed by atoms with Gasteiger partial charge in [-0.3, -0.25) is 4.90 Å². The van der Waals surface area contributed by atoms with Gasteiger partial charge in [0, 0.05) is 12.1 Å². The fourth-order valence-electron chi connectivity index (χ4n) is 1.53. The van der Waals surface area contributed by atoms with Crippen molar-refractivity contribution in [1.82, 2.24) is 4.90 Å². The Morgan fingerprint density at radius 1 is 1.19 bits per heavy atom. The Morgan fingerprint density at radius 3 is 2.38 bits per heavy atom. The molecule has 0 amide bonds. The predicted octanol–water partition coefficient (Wildman–Crippen LogP) is 3.13. The summed E-state index contributed by atoms with van der Waals surface area (Å²) in [6.07, 6.45) is 0. The first-order chi connectivity index (χ1) is 7.67. The number of halogens is 2. The number of ether oxygens (including phenoxy) is 1. The van der Waals surface area contributed by atoms with Crippen LogP contribution in [0.3, 0.4) is 0 Å². The van der Waals surface area contributed by atoms with E-state index in [1.807, 2.05) is 26.0 Å². The zero-order valence-electron chi connectivity index (χ0n) is 9.62. The molecule has 1 aromatic rings. The summed E-state index contributed by atoms with van der Waals surface area (Å²) in [5.74, 6) is 0.268. The first-order valence-corrected chi connectivity index (χ1v) is 5.42. The highest BCUT2D eigenvalue weighted by Crippen LogP contribution is 2.21. The summed E-state index contributed by atoms with van der Waals surface area (Å²) in [5, 5.41) is 0. The number of rotatable bonds is 6. The second-order valence-electron chi connectivity index (χ2n) is 3.45. The molecule has 0 unspecified atom stereocenters. The van der Waals surface area contributed by atoms with Crippen LogP contribution in [0.1, 0.15) is 19.4 Å². The van der Waals surface area contributed by atoms with Gasteiger partial charge in [-0.25, -0.2) is 0 Å². The Labute approximate surface area is 94.8 Å². The van der Waals surface area contributed by atoms with Crippen molar-refractivity contribution in [3.05, 3.63) is 29.8 Å². The number of nitrogens with zero attached hydrogens (tertiary/aromatic N) is 1. The van der Waals surface area contributed by atoms with Gasteiger partial charge in [-0.2, -0.15) is 8.78 Å². The number of hydrogen-bond acceptors (Lipinski definition) is 2. The summed E-state index contributed by atoms with van der Waals surface area (Å²) in [4.78, 5) is 2.15. The van der Waals surface area contributed by atoms with Crippen molar-refractivity contribution in [2.45, 2.75) is 27.0 Å². The summed E-state index contributed by atoms with van der Waals surface area (Å²) in [5.41, 5.74) is 0.798. The topological polar surface area (TPSA) is 12.5 Å². The molecule has 1 aromatic carbocycles. The van der Waals surface area contributed by atoms with Crippen LogP contribution in [0.15, 0.2) is 24.3 Å². The van der Waals surface area contributed by atoms with E-state index < -0.39 is 6.61 Å². The maximum absolute atomic E-state index is 12.2. The lowest BCUT2D eigenvalue weighted by Crippen LogP contribution is -2.22. The van der Waals surface area contributed by atoms with Crippen molar-refractivity contribution in [2.75, 3.05) is 13.1 Å². The molecule has 0 heterocycles. The molecule has 0 radical (unpaired) electrons. The van der Waals surface area contributed by atoms with Crippen molar-refractivity contribution in [2.24, 2.45) is 0 Å². The number of alkyl halides is 2. The smallest absolute Gasteiger partial charge is 0.387 e. The fraction of sp³-hybridized carbons (Fsp3) is 0.500. The minimum absolute atomic E-state index is 0.268. The van der Waals surface area contributed by atoms with Gasteiger partial charge >= 0.3 is 6.61 Å². The Bertz CT molecular complexity index is 314. The van der Waals surface area contributed by atoms with Gasteiger partial charge in [0.25, 0.3) is 0 Å². The summed E-state index contributed by atoms with van der Waals surface area (Å²) < 4.78 is 28.8. The van der Waals surface area contributed by atoms with Gasteiger partial charge in [0.1, 0.15) is 5.75 Å². The first kappa shape index (κ1) is 12.9. The Hall–Kier alpha value is -1.16. The van der Waals surface area contributed by atoms with E-state index in [2.05, 4.69) is 9.64 Å². The van der Waals surface area contributed by atoms with Crippen LogP contribution < -0.4 is 4.74 Å². The van der Waals surface area contributed by atoms with E-state index in [1.165, 1.54) is 0 Å². The molecule has 1 rings (SSSR count). The molecule has 0 aliphatic heterocycles. The number of benzene rings is 1. The maximum atomic E-state index is 12.2. The molecule has 0 aliphatic rings. The molecule has 0 saturated heterocycles. The summed E-state index contributed by atoms with van der Waals surface area (Å²) in [6.45, 7) is 3.73. The van der Waals surface area contributed by atoms with Gasteiger partial charge in [-0.05, 0) is 19.2 Å². The monoisotopic (exact) mass is 229 g/mol. The van der Waals surface area contributed by atoms with Crippen LogP contribution in [0.25, 0.3) is 0 Å². The molecule has 16 heavy (non-hydrogen) atoms. The Morgan fingerprint density at radius 2 is 1.81 bits per heavy atom. The third-order valence-corrected chi connectivity index (χ3v) is 2.48. The third kappa shape index (κ3) is 3.77. The lowest BCUT2D eigenvalue weighted by Gasteiger charge is -2.19. The Kier molecular flexibility index (Phi) is 5.19. The van der Waals surface area contributed by atoms with E-state index in [4.69, 9.17) is 0 Å². The summed E-state index contributed by atoms with van der Waals surface area (Å²) >= 11 is 0. The van der Waals surface area contributed by atoms with Gasteiger partial charge in [0.15, 0.2) is 0 Å². The normalized spacial score (nSPS) is 11.1. The molecule has 0 aliphatic carbocycles. The second-order valence-corrected chi connectivity index (χ2v) is 3.45. The molecular formula is C12H17F2NO. The van der Waals surface area contributed by atoms with Crippen LogP contribution in [-0.2, 0) is 6.54 Å². The van der Waals surface area contributed by atoms with E-state index in [0.29, 0.717) is 6.54 Å². The van der Waals surface area contributed by atoms with Crippen molar-refractivity contribution in [1.29, 1.82) is 0 Å². The Balaban J connectivity index is 2.77. The summed E-state index contributed by atoms with van der Waals surface area (Å²) in [7, 11) is 0. The first-order valence-electron chi connectivity index (χ1n) is 5.42. The van der Waals surface area contributed by atoms with Crippen LogP contribution in [0.2, 0.25) is 0 Å². The highest BCUT2D eigenvalue weighted by molar-refractivity contribution is 5.33. The largest absolute Gasteiger partial charge is 0.434 e. The lowest BCUT2D eigenvalue weighted by atomic mass is 10.2. The van der Waals surface area contributed by atoms with Crippen LogP contribution in [0.4, 0.5) is 8.78 Å². The molecule has 0 aromatic heterocycles. The zero-order chi connectivity index (χ0) is 12.0. The van der Waals surface area contributed by atoms with Crippen LogP contribution in [0, 0.1) is 0 Å². The van der Waals surface area contributed by atoms with E-state index in [9.17, 15) is 8.78 Å². The van der Waals surface area contributed by atoms with Gasteiger partial charge in [0.05, 0.1) is 0 Å². The quantitative estimate of drug-likeness (QED) is 0.743. The third-order valence-electron chi connectivity index (χ3n) is 2.48. The minimum atomic E-state index is -2.77. The molecule has 0 N–H and O–H groups in total. The molecule has 0 fully saturated rings. The molecule has 0 atom stereocenters. The fourth-order valence-corrected chi connectivity index (χ4v) is 1.53. The van der Waals surface area contributed by atoms with Gasteiger partial charge in [-0.15, -0.1) is 0 Å². The van der Waals surface area contributed by atoms with E-state index >= 15 is 0 Å². The van der Waals surface area contributed by atoms with Crippen LogP contribution >= 0.6 is 0 Å². The average molecular weight is 229 g/mol.